The molecule has 2 aromatic rings. The van der Waals surface area contributed by atoms with Crippen LogP contribution in [0.15, 0.2) is 28.7 Å². The summed E-state index contributed by atoms with van der Waals surface area (Å²) in [4.78, 5) is 0. The van der Waals surface area contributed by atoms with Crippen LogP contribution in [0.4, 0.5) is 0 Å². The van der Waals surface area contributed by atoms with E-state index < -0.39 is 7.12 Å². The SMILES string of the molecule is CC(C)(C)c1c(B2OC(C)(C)C(C)(C)O2)oc2ccccc12. The minimum atomic E-state index is -0.466. The van der Waals surface area contributed by atoms with Gasteiger partial charge in [-0.3, -0.25) is 0 Å². The first-order valence-corrected chi connectivity index (χ1v) is 7.90. The zero-order valence-electron chi connectivity index (χ0n) is 14.6. The zero-order chi connectivity index (χ0) is 16.3. The predicted octanol–water partition coefficient (Wildman–Crippen LogP) is 4.03. The maximum Gasteiger partial charge on any atom is 0.533 e. The molecule has 0 aliphatic carbocycles. The number of hydrogen-bond acceptors (Lipinski definition) is 3. The lowest BCUT2D eigenvalue weighted by Gasteiger charge is -2.32. The first-order chi connectivity index (χ1) is 10.0. The van der Waals surface area contributed by atoms with Gasteiger partial charge in [-0.15, -0.1) is 0 Å². The molecule has 1 aromatic heterocycles. The molecule has 3 nitrogen and oxygen atoms in total. The normalized spacial score (nSPS) is 20.8. The largest absolute Gasteiger partial charge is 0.533 e. The molecule has 3 rings (SSSR count). The Hall–Kier alpha value is -1.26. The van der Waals surface area contributed by atoms with Crippen LogP contribution in [0.5, 0.6) is 0 Å². The van der Waals surface area contributed by atoms with E-state index in [1.54, 1.807) is 0 Å². The van der Waals surface area contributed by atoms with E-state index in [1.165, 1.54) is 5.56 Å². The van der Waals surface area contributed by atoms with Crippen molar-refractivity contribution in [3.05, 3.63) is 29.8 Å². The maximum atomic E-state index is 6.20. The van der Waals surface area contributed by atoms with Crippen LogP contribution in [-0.2, 0) is 14.7 Å². The molecule has 1 fully saturated rings. The van der Waals surface area contributed by atoms with Crippen molar-refractivity contribution in [2.75, 3.05) is 0 Å². The Kier molecular flexibility index (Phi) is 3.28. The summed E-state index contributed by atoms with van der Waals surface area (Å²) in [6, 6.07) is 8.14. The third-order valence-corrected chi connectivity index (χ3v) is 4.84. The van der Waals surface area contributed by atoms with Crippen molar-refractivity contribution in [1.29, 1.82) is 0 Å². The number of fused-ring (bicyclic) bond motifs is 1. The van der Waals surface area contributed by atoms with Gasteiger partial charge in [0.25, 0.3) is 0 Å². The van der Waals surface area contributed by atoms with Gasteiger partial charge in [-0.1, -0.05) is 39.0 Å². The number of rotatable bonds is 1. The van der Waals surface area contributed by atoms with Gasteiger partial charge in [0.05, 0.1) is 11.2 Å². The summed E-state index contributed by atoms with van der Waals surface area (Å²) in [6.45, 7) is 14.8. The zero-order valence-corrected chi connectivity index (χ0v) is 14.6. The van der Waals surface area contributed by atoms with Crippen LogP contribution >= 0.6 is 0 Å². The summed E-state index contributed by atoms with van der Waals surface area (Å²) >= 11 is 0. The topological polar surface area (TPSA) is 31.6 Å². The van der Waals surface area contributed by atoms with Crippen LogP contribution in [-0.4, -0.2) is 18.3 Å². The molecular formula is C18H25BO3. The molecule has 4 heteroatoms. The van der Waals surface area contributed by atoms with Crippen molar-refractivity contribution in [1.82, 2.24) is 0 Å². The van der Waals surface area contributed by atoms with Crippen LogP contribution in [0, 0.1) is 0 Å². The highest BCUT2D eigenvalue weighted by Crippen LogP contribution is 2.39. The second kappa shape index (κ2) is 4.62. The van der Waals surface area contributed by atoms with Gasteiger partial charge in [0.15, 0.2) is 0 Å². The number of hydrogen-bond donors (Lipinski definition) is 0. The van der Waals surface area contributed by atoms with Crippen molar-refractivity contribution in [2.45, 2.75) is 65.1 Å². The van der Waals surface area contributed by atoms with E-state index in [0.717, 1.165) is 16.6 Å². The molecule has 0 N–H and O–H groups in total. The Morgan fingerprint density at radius 2 is 1.45 bits per heavy atom. The third kappa shape index (κ3) is 2.29. The molecule has 0 atom stereocenters. The lowest BCUT2D eigenvalue weighted by Crippen LogP contribution is -2.41. The fourth-order valence-corrected chi connectivity index (χ4v) is 2.95. The fourth-order valence-electron chi connectivity index (χ4n) is 2.95. The molecule has 0 saturated carbocycles. The molecule has 0 amide bonds. The number of benzene rings is 1. The van der Waals surface area contributed by atoms with E-state index in [4.69, 9.17) is 13.7 Å². The van der Waals surface area contributed by atoms with E-state index in [0.29, 0.717) is 0 Å². The second-order valence-electron chi connectivity index (χ2n) is 8.18. The Morgan fingerprint density at radius 3 is 2.00 bits per heavy atom. The summed E-state index contributed by atoms with van der Waals surface area (Å²) < 4.78 is 18.5. The molecule has 1 aromatic carbocycles. The van der Waals surface area contributed by atoms with Gasteiger partial charge in [-0.2, -0.15) is 0 Å². The molecule has 118 valence electrons. The van der Waals surface area contributed by atoms with Gasteiger partial charge in [-0.05, 0) is 39.2 Å². The minimum Gasteiger partial charge on any atom is -0.464 e. The molecule has 22 heavy (non-hydrogen) atoms. The average Bonchev–Trinajstić information content (AvgIpc) is 2.84. The smallest absolute Gasteiger partial charge is 0.464 e. The Bertz CT molecular complexity index is 691. The molecule has 2 heterocycles. The lowest BCUT2D eigenvalue weighted by atomic mass is 9.74. The average molecular weight is 300 g/mol. The van der Waals surface area contributed by atoms with Gasteiger partial charge in [-0.25, -0.2) is 0 Å². The van der Waals surface area contributed by atoms with E-state index in [2.05, 4.69) is 54.5 Å². The summed E-state index contributed by atoms with van der Waals surface area (Å²) in [5.74, 6) is 0. The first-order valence-electron chi connectivity index (χ1n) is 7.90. The van der Waals surface area contributed by atoms with Gasteiger partial charge in [0.1, 0.15) is 11.2 Å². The highest BCUT2D eigenvalue weighted by Gasteiger charge is 2.54. The van der Waals surface area contributed by atoms with Crippen LogP contribution in [0.1, 0.15) is 54.0 Å². The molecule has 0 radical (unpaired) electrons. The summed E-state index contributed by atoms with van der Waals surface area (Å²) in [5.41, 5.74) is 2.06. The van der Waals surface area contributed by atoms with Crippen LogP contribution < -0.4 is 5.66 Å². The van der Waals surface area contributed by atoms with Gasteiger partial charge in [0, 0.05) is 10.9 Å². The quantitative estimate of drug-likeness (QED) is 0.745. The van der Waals surface area contributed by atoms with E-state index in [9.17, 15) is 0 Å². The minimum absolute atomic E-state index is 0.0501. The molecule has 1 aliphatic heterocycles. The van der Waals surface area contributed by atoms with Gasteiger partial charge >= 0.3 is 7.12 Å². The van der Waals surface area contributed by atoms with Crippen molar-refractivity contribution < 1.29 is 13.7 Å². The molecule has 1 saturated heterocycles. The van der Waals surface area contributed by atoms with E-state index >= 15 is 0 Å². The van der Waals surface area contributed by atoms with Crippen molar-refractivity contribution in [3.63, 3.8) is 0 Å². The third-order valence-electron chi connectivity index (χ3n) is 4.84. The standard InChI is InChI=1S/C18H25BO3/c1-16(2,3)14-12-10-8-9-11-13(12)20-15(14)19-21-17(4,5)18(6,7)22-19/h8-11H,1-7H3. The Labute approximate surface area is 133 Å². The monoisotopic (exact) mass is 300 g/mol. The van der Waals surface area contributed by atoms with Gasteiger partial charge < -0.3 is 13.7 Å². The number of para-hydroxylation sites is 1. The first kappa shape index (κ1) is 15.6. The summed E-state index contributed by atoms with van der Waals surface area (Å²) in [5, 5.41) is 1.14. The predicted molar refractivity (Wildman–Crippen MR) is 90.6 cm³/mol. The fraction of sp³-hybridized carbons (Fsp3) is 0.556. The van der Waals surface area contributed by atoms with E-state index in [1.807, 2.05) is 18.2 Å². The molecule has 1 aliphatic rings. The molecule has 0 unspecified atom stereocenters. The van der Waals surface area contributed by atoms with Crippen molar-refractivity contribution in [2.24, 2.45) is 0 Å². The molecular weight excluding hydrogens is 275 g/mol. The maximum absolute atomic E-state index is 6.20. The summed E-state index contributed by atoms with van der Waals surface area (Å²) in [7, 11) is -0.466. The van der Waals surface area contributed by atoms with E-state index in [-0.39, 0.29) is 16.6 Å². The molecule has 0 spiro atoms. The second-order valence-corrected chi connectivity index (χ2v) is 8.18. The summed E-state index contributed by atoms with van der Waals surface area (Å²) in [6.07, 6.45) is 0. The lowest BCUT2D eigenvalue weighted by molar-refractivity contribution is 0.00578. The molecule has 0 bridgehead atoms. The Balaban J connectivity index is 2.16. The van der Waals surface area contributed by atoms with Crippen LogP contribution in [0.25, 0.3) is 11.0 Å². The highest BCUT2D eigenvalue weighted by molar-refractivity contribution is 6.61. The van der Waals surface area contributed by atoms with Crippen molar-refractivity contribution in [3.8, 4) is 0 Å². The van der Waals surface area contributed by atoms with Crippen LogP contribution in [0.3, 0.4) is 0 Å². The Morgan fingerprint density at radius 1 is 0.909 bits per heavy atom. The van der Waals surface area contributed by atoms with Crippen LogP contribution in [0.2, 0.25) is 0 Å². The van der Waals surface area contributed by atoms with Gasteiger partial charge in [0.2, 0.25) is 0 Å². The highest BCUT2D eigenvalue weighted by atomic mass is 16.7. The number of furan rings is 1. The van der Waals surface area contributed by atoms with Crippen molar-refractivity contribution >= 4 is 23.7 Å².